The summed E-state index contributed by atoms with van der Waals surface area (Å²) in [7, 11) is 0. The second kappa shape index (κ2) is 5.89. The molecular formula is C17H24N2. The van der Waals surface area contributed by atoms with Crippen LogP contribution in [0.15, 0.2) is 42.5 Å². The van der Waals surface area contributed by atoms with Crippen LogP contribution in [0.3, 0.4) is 0 Å². The molecule has 2 heteroatoms. The molecule has 3 rings (SSSR count). The van der Waals surface area contributed by atoms with Gasteiger partial charge in [-0.2, -0.15) is 0 Å². The Morgan fingerprint density at radius 1 is 1.26 bits per heavy atom. The van der Waals surface area contributed by atoms with Crippen LogP contribution in [0.25, 0.3) is 0 Å². The molecule has 0 radical (unpaired) electrons. The third kappa shape index (κ3) is 3.07. The van der Waals surface area contributed by atoms with E-state index in [4.69, 9.17) is 0 Å². The van der Waals surface area contributed by atoms with Gasteiger partial charge in [-0.3, -0.25) is 4.90 Å². The monoisotopic (exact) mass is 256 g/mol. The molecule has 0 aromatic heterocycles. The summed E-state index contributed by atoms with van der Waals surface area (Å²) in [6, 6.07) is 12.1. The number of piperazine rings is 1. The lowest BCUT2D eigenvalue weighted by Crippen LogP contribution is -2.53. The lowest BCUT2D eigenvalue weighted by Gasteiger charge is -2.40. The quantitative estimate of drug-likeness (QED) is 0.833. The van der Waals surface area contributed by atoms with E-state index in [0.717, 1.165) is 31.6 Å². The van der Waals surface area contributed by atoms with E-state index < -0.39 is 0 Å². The molecule has 1 aliphatic heterocycles. The maximum atomic E-state index is 3.75. The summed E-state index contributed by atoms with van der Waals surface area (Å²) < 4.78 is 0. The molecule has 1 aromatic rings. The van der Waals surface area contributed by atoms with E-state index in [-0.39, 0.29) is 0 Å². The standard InChI is InChI=1S/C17H24N2/c1-2-3-11-19-13-16(14-7-5-4-6-8-14)18-12-17(19)15-9-10-15/h2-8,15-18H,9-13H2,1H3/b3-2+. The summed E-state index contributed by atoms with van der Waals surface area (Å²) >= 11 is 0. The van der Waals surface area contributed by atoms with Crippen molar-refractivity contribution in [3.63, 3.8) is 0 Å². The molecule has 0 amide bonds. The average Bonchev–Trinajstić information content (AvgIpc) is 3.30. The highest BCUT2D eigenvalue weighted by Crippen LogP contribution is 2.37. The van der Waals surface area contributed by atoms with Crippen molar-refractivity contribution in [1.29, 1.82) is 0 Å². The van der Waals surface area contributed by atoms with E-state index in [2.05, 4.69) is 59.6 Å². The number of allylic oxidation sites excluding steroid dienone is 1. The molecule has 1 aliphatic carbocycles. The highest BCUT2D eigenvalue weighted by Gasteiger charge is 2.38. The fraction of sp³-hybridized carbons (Fsp3) is 0.529. The minimum absolute atomic E-state index is 0.487. The Hall–Kier alpha value is -1.12. The van der Waals surface area contributed by atoms with Gasteiger partial charge in [-0.1, -0.05) is 42.5 Å². The molecule has 2 atom stereocenters. The highest BCUT2D eigenvalue weighted by atomic mass is 15.2. The van der Waals surface area contributed by atoms with Crippen molar-refractivity contribution in [2.45, 2.75) is 31.8 Å². The molecule has 0 bridgehead atoms. The van der Waals surface area contributed by atoms with E-state index in [1.54, 1.807) is 0 Å². The highest BCUT2D eigenvalue weighted by molar-refractivity contribution is 5.20. The molecule has 19 heavy (non-hydrogen) atoms. The van der Waals surface area contributed by atoms with Gasteiger partial charge in [0.25, 0.3) is 0 Å². The van der Waals surface area contributed by atoms with Gasteiger partial charge in [-0.05, 0) is 31.2 Å². The third-order valence-electron chi connectivity index (χ3n) is 4.40. The first kappa shape index (κ1) is 12.9. The first-order chi connectivity index (χ1) is 9.38. The molecule has 1 saturated heterocycles. The van der Waals surface area contributed by atoms with Gasteiger partial charge in [0.05, 0.1) is 0 Å². The van der Waals surface area contributed by atoms with E-state index in [9.17, 15) is 0 Å². The van der Waals surface area contributed by atoms with Gasteiger partial charge < -0.3 is 5.32 Å². The number of nitrogens with one attached hydrogen (secondary N) is 1. The molecule has 102 valence electrons. The minimum Gasteiger partial charge on any atom is -0.307 e. The Morgan fingerprint density at radius 2 is 2.05 bits per heavy atom. The number of benzene rings is 1. The zero-order valence-corrected chi connectivity index (χ0v) is 11.8. The second-order valence-corrected chi connectivity index (χ2v) is 5.80. The molecule has 1 N–H and O–H groups in total. The molecule has 0 spiro atoms. The summed E-state index contributed by atoms with van der Waals surface area (Å²) in [5, 5.41) is 3.75. The van der Waals surface area contributed by atoms with Gasteiger partial charge in [0, 0.05) is 31.7 Å². The van der Waals surface area contributed by atoms with Crippen molar-refractivity contribution in [3.05, 3.63) is 48.0 Å². The van der Waals surface area contributed by atoms with Crippen molar-refractivity contribution < 1.29 is 0 Å². The summed E-state index contributed by atoms with van der Waals surface area (Å²) in [6.07, 6.45) is 7.32. The van der Waals surface area contributed by atoms with Crippen LogP contribution >= 0.6 is 0 Å². The molecule has 2 unspecified atom stereocenters. The number of nitrogens with zero attached hydrogens (tertiary/aromatic N) is 1. The van der Waals surface area contributed by atoms with Gasteiger partial charge in [0.2, 0.25) is 0 Å². The molecule has 2 aliphatic rings. The fourth-order valence-corrected chi connectivity index (χ4v) is 3.13. The van der Waals surface area contributed by atoms with E-state index in [0.29, 0.717) is 6.04 Å². The summed E-state index contributed by atoms with van der Waals surface area (Å²) in [4.78, 5) is 2.67. The van der Waals surface area contributed by atoms with E-state index in [1.807, 2.05) is 0 Å². The second-order valence-electron chi connectivity index (χ2n) is 5.80. The first-order valence-corrected chi connectivity index (χ1v) is 7.52. The van der Waals surface area contributed by atoms with Crippen molar-refractivity contribution in [1.82, 2.24) is 10.2 Å². The smallest absolute Gasteiger partial charge is 0.0450 e. The Kier molecular flexibility index (Phi) is 4.00. The molecular weight excluding hydrogens is 232 g/mol. The van der Waals surface area contributed by atoms with Gasteiger partial charge in [-0.15, -0.1) is 0 Å². The normalized spacial score (nSPS) is 28.9. The lowest BCUT2D eigenvalue weighted by molar-refractivity contribution is 0.129. The van der Waals surface area contributed by atoms with Crippen molar-refractivity contribution in [2.24, 2.45) is 5.92 Å². The van der Waals surface area contributed by atoms with Crippen LogP contribution in [-0.2, 0) is 0 Å². The van der Waals surface area contributed by atoms with Crippen LogP contribution in [0.5, 0.6) is 0 Å². The van der Waals surface area contributed by atoms with E-state index in [1.165, 1.54) is 18.4 Å². The molecule has 2 nitrogen and oxygen atoms in total. The third-order valence-corrected chi connectivity index (χ3v) is 4.40. The number of hydrogen-bond donors (Lipinski definition) is 1. The van der Waals surface area contributed by atoms with Crippen LogP contribution in [-0.4, -0.2) is 30.6 Å². The van der Waals surface area contributed by atoms with Crippen LogP contribution in [0.2, 0.25) is 0 Å². The average molecular weight is 256 g/mol. The maximum absolute atomic E-state index is 3.75. The van der Waals surface area contributed by atoms with E-state index >= 15 is 0 Å². The Labute approximate surface area is 116 Å². The predicted octanol–water partition coefficient (Wildman–Crippen LogP) is 2.99. The SMILES string of the molecule is C/C=C/CN1CC(c2ccccc2)NCC1C1CC1. The van der Waals surface area contributed by atoms with Crippen LogP contribution in [0, 0.1) is 5.92 Å². The van der Waals surface area contributed by atoms with Gasteiger partial charge in [0.15, 0.2) is 0 Å². The first-order valence-electron chi connectivity index (χ1n) is 7.52. The Morgan fingerprint density at radius 3 is 2.74 bits per heavy atom. The zero-order valence-electron chi connectivity index (χ0n) is 11.8. The maximum Gasteiger partial charge on any atom is 0.0450 e. The van der Waals surface area contributed by atoms with Crippen molar-refractivity contribution in [3.8, 4) is 0 Å². The minimum atomic E-state index is 0.487. The summed E-state index contributed by atoms with van der Waals surface area (Å²) in [6.45, 7) is 5.49. The number of hydrogen-bond acceptors (Lipinski definition) is 2. The predicted molar refractivity (Wildman–Crippen MR) is 80.1 cm³/mol. The molecule has 2 fully saturated rings. The molecule has 1 heterocycles. The van der Waals surface area contributed by atoms with Crippen molar-refractivity contribution >= 4 is 0 Å². The lowest BCUT2D eigenvalue weighted by atomic mass is 9.99. The Balaban J connectivity index is 1.70. The van der Waals surface area contributed by atoms with Crippen LogP contribution in [0.1, 0.15) is 31.4 Å². The molecule has 1 aromatic carbocycles. The zero-order chi connectivity index (χ0) is 13.1. The summed E-state index contributed by atoms with van der Waals surface area (Å²) in [5.41, 5.74) is 1.42. The topological polar surface area (TPSA) is 15.3 Å². The summed E-state index contributed by atoms with van der Waals surface area (Å²) in [5.74, 6) is 0.939. The molecule has 1 saturated carbocycles. The fourth-order valence-electron chi connectivity index (χ4n) is 3.13. The van der Waals surface area contributed by atoms with Crippen LogP contribution in [0.4, 0.5) is 0 Å². The van der Waals surface area contributed by atoms with Gasteiger partial charge >= 0.3 is 0 Å². The van der Waals surface area contributed by atoms with Gasteiger partial charge in [0.1, 0.15) is 0 Å². The van der Waals surface area contributed by atoms with Crippen LogP contribution < -0.4 is 5.32 Å². The van der Waals surface area contributed by atoms with Crippen molar-refractivity contribution in [2.75, 3.05) is 19.6 Å². The number of rotatable bonds is 4. The Bertz CT molecular complexity index is 422. The van der Waals surface area contributed by atoms with Gasteiger partial charge in [-0.25, -0.2) is 0 Å². The largest absolute Gasteiger partial charge is 0.307 e.